The summed E-state index contributed by atoms with van der Waals surface area (Å²) in [6, 6.07) is 0. The first-order valence-corrected chi connectivity index (χ1v) is 5.25. The van der Waals surface area contributed by atoms with Gasteiger partial charge in [-0.3, -0.25) is 0 Å². The fourth-order valence-corrected chi connectivity index (χ4v) is 1.99. The third kappa shape index (κ3) is 2.00. The molecule has 0 bridgehead atoms. The van der Waals surface area contributed by atoms with Crippen LogP contribution in [-0.4, -0.2) is 48.9 Å². The van der Waals surface area contributed by atoms with E-state index in [1.165, 1.54) is 12.4 Å². The number of aliphatic hydroxyl groups excluding tert-OH is 2. The fourth-order valence-electron chi connectivity index (χ4n) is 1.73. The maximum absolute atomic E-state index is 10.7. The van der Waals surface area contributed by atoms with Crippen LogP contribution < -0.4 is 0 Å². The summed E-state index contributed by atoms with van der Waals surface area (Å²) in [5.74, 6) is -0.448. The van der Waals surface area contributed by atoms with E-state index in [1.807, 2.05) is 0 Å². The second-order valence-electron chi connectivity index (χ2n) is 3.57. The molecule has 1 fully saturated rings. The summed E-state index contributed by atoms with van der Waals surface area (Å²) in [5, 5.41) is 28.6. The molecule has 0 aromatic carbocycles. The molecule has 4 atom stereocenters. The van der Waals surface area contributed by atoms with Crippen molar-refractivity contribution in [2.45, 2.75) is 23.8 Å². The van der Waals surface area contributed by atoms with Gasteiger partial charge in [-0.2, -0.15) is 4.57 Å². The second kappa shape index (κ2) is 4.57. The van der Waals surface area contributed by atoms with Gasteiger partial charge in [0.05, 0.1) is 12.0 Å². The van der Waals surface area contributed by atoms with E-state index in [4.69, 9.17) is 21.4 Å². The molecule has 0 unspecified atom stereocenters. The van der Waals surface area contributed by atoms with Gasteiger partial charge in [0, 0.05) is 0 Å². The van der Waals surface area contributed by atoms with Crippen LogP contribution >= 0.6 is 11.6 Å². The van der Waals surface area contributed by atoms with E-state index in [-0.39, 0.29) is 6.61 Å². The summed E-state index contributed by atoms with van der Waals surface area (Å²) in [7, 11) is 0. The van der Waals surface area contributed by atoms with E-state index in [0.717, 1.165) is 4.57 Å². The van der Waals surface area contributed by atoms with Crippen molar-refractivity contribution in [3.63, 3.8) is 0 Å². The van der Waals surface area contributed by atoms with Crippen LogP contribution in [0, 0.1) is 10.1 Å². The molecule has 2 N–H and O–H groups in total. The lowest BCUT2D eigenvalue weighted by atomic mass is 10.2. The van der Waals surface area contributed by atoms with E-state index in [0.29, 0.717) is 0 Å². The van der Waals surface area contributed by atoms with Crippen molar-refractivity contribution in [2.24, 2.45) is 0 Å². The van der Waals surface area contributed by atoms with Crippen LogP contribution in [-0.2, 0) is 4.74 Å². The first kappa shape index (κ1) is 12.2. The minimum atomic E-state index is -1.15. The zero-order valence-electron chi connectivity index (χ0n) is 8.51. The lowest BCUT2D eigenvalue weighted by molar-refractivity contribution is -0.398. The molecule has 2 rings (SSSR count). The van der Waals surface area contributed by atoms with Gasteiger partial charge in [0.1, 0.15) is 24.6 Å². The standard InChI is InChI=1S/C8H10ClN3O5/c9-5-4(3-13)17-7(6(5)14)11-2-1-10-8(11)12(15)16/h1-2,4-7,13-14H,3H2/t4-,5+,6-,7-/m1/s1. The lowest BCUT2D eigenvalue weighted by Crippen LogP contribution is -2.28. The van der Waals surface area contributed by atoms with Gasteiger partial charge in [-0.25, -0.2) is 0 Å². The van der Waals surface area contributed by atoms with E-state index >= 15 is 0 Å². The van der Waals surface area contributed by atoms with E-state index in [1.54, 1.807) is 0 Å². The molecule has 1 aromatic rings. The fraction of sp³-hybridized carbons (Fsp3) is 0.625. The van der Waals surface area contributed by atoms with Crippen LogP contribution in [0.25, 0.3) is 0 Å². The summed E-state index contributed by atoms with van der Waals surface area (Å²) in [4.78, 5) is 13.5. The molecule has 2 heterocycles. The Morgan fingerprint density at radius 1 is 1.71 bits per heavy atom. The van der Waals surface area contributed by atoms with Crippen molar-refractivity contribution in [1.29, 1.82) is 0 Å². The minimum absolute atomic E-state index is 0.371. The van der Waals surface area contributed by atoms with Crippen LogP contribution in [0.15, 0.2) is 12.4 Å². The Bertz CT molecular complexity index is 425. The first-order valence-electron chi connectivity index (χ1n) is 4.82. The van der Waals surface area contributed by atoms with Crippen molar-refractivity contribution in [2.75, 3.05) is 6.61 Å². The number of aliphatic hydroxyl groups is 2. The quantitative estimate of drug-likeness (QED) is 0.438. The Morgan fingerprint density at radius 3 is 2.94 bits per heavy atom. The van der Waals surface area contributed by atoms with Crippen LogP contribution in [0.2, 0.25) is 0 Å². The summed E-state index contributed by atoms with van der Waals surface area (Å²) in [5.41, 5.74) is 0. The highest BCUT2D eigenvalue weighted by Crippen LogP contribution is 2.34. The molecule has 9 heteroatoms. The molecule has 94 valence electrons. The maximum Gasteiger partial charge on any atom is 0.436 e. The number of ether oxygens (including phenoxy) is 1. The number of halogens is 1. The predicted molar refractivity (Wildman–Crippen MR) is 55.5 cm³/mol. The van der Waals surface area contributed by atoms with Gasteiger partial charge in [-0.1, -0.05) is 4.98 Å². The molecule has 1 saturated heterocycles. The van der Waals surface area contributed by atoms with Crippen molar-refractivity contribution in [3.8, 4) is 0 Å². The highest BCUT2D eigenvalue weighted by atomic mass is 35.5. The number of nitro groups is 1. The largest absolute Gasteiger partial charge is 0.436 e. The Kier molecular flexibility index (Phi) is 3.29. The molecule has 17 heavy (non-hydrogen) atoms. The zero-order valence-corrected chi connectivity index (χ0v) is 9.27. The zero-order chi connectivity index (χ0) is 12.6. The Labute approximate surface area is 101 Å². The highest BCUT2D eigenvalue weighted by molar-refractivity contribution is 6.21. The molecule has 1 aliphatic rings. The normalized spacial score (nSPS) is 32.9. The Hall–Kier alpha value is -1.22. The molecule has 0 saturated carbocycles. The molecule has 0 amide bonds. The van der Waals surface area contributed by atoms with Crippen LogP contribution in [0.4, 0.5) is 5.95 Å². The molecule has 0 spiro atoms. The first-order chi connectivity index (χ1) is 8.06. The Balaban J connectivity index is 2.29. The molecular weight excluding hydrogens is 254 g/mol. The minimum Gasteiger partial charge on any atom is -0.394 e. The van der Waals surface area contributed by atoms with E-state index in [2.05, 4.69) is 4.98 Å². The number of hydrogen-bond donors (Lipinski definition) is 2. The van der Waals surface area contributed by atoms with Crippen LogP contribution in [0.5, 0.6) is 0 Å². The number of alkyl halides is 1. The average molecular weight is 264 g/mol. The van der Waals surface area contributed by atoms with Gasteiger partial charge in [-0.05, 0) is 4.92 Å². The number of imidazole rings is 1. The monoisotopic (exact) mass is 263 g/mol. The van der Waals surface area contributed by atoms with Crippen molar-refractivity contribution in [1.82, 2.24) is 9.55 Å². The summed E-state index contributed by atoms with van der Waals surface area (Å²) in [6.45, 7) is -0.371. The molecule has 0 radical (unpaired) electrons. The number of hydrogen-bond acceptors (Lipinski definition) is 6. The SMILES string of the molecule is O=[N+]([O-])c1nccn1[C@@H]1O[C@H](CO)[C@H](Cl)[C@H]1O. The Morgan fingerprint density at radius 2 is 2.41 bits per heavy atom. The third-order valence-electron chi connectivity index (χ3n) is 2.55. The topological polar surface area (TPSA) is 111 Å². The summed E-state index contributed by atoms with van der Waals surface area (Å²) in [6.07, 6.45) is -0.392. The lowest BCUT2D eigenvalue weighted by Gasteiger charge is -2.13. The molecular formula is C8H10ClN3O5. The molecule has 0 aliphatic carbocycles. The van der Waals surface area contributed by atoms with Crippen LogP contribution in [0.1, 0.15) is 6.23 Å². The van der Waals surface area contributed by atoms with Crippen molar-refractivity contribution in [3.05, 3.63) is 22.5 Å². The van der Waals surface area contributed by atoms with Gasteiger partial charge in [0.15, 0.2) is 0 Å². The smallest absolute Gasteiger partial charge is 0.394 e. The van der Waals surface area contributed by atoms with Gasteiger partial charge in [-0.15, -0.1) is 11.6 Å². The second-order valence-corrected chi connectivity index (χ2v) is 4.08. The van der Waals surface area contributed by atoms with Gasteiger partial charge >= 0.3 is 5.95 Å². The summed E-state index contributed by atoms with van der Waals surface area (Å²) >= 11 is 5.83. The van der Waals surface area contributed by atoms with Gasteiger partial charge in [0.25, 0.3) is 0 Å². The van der Waals surface area contributed by atoms with E-state index < -0.39 is 34.7 Å². The average Bonchev–Trinajstić information content (AvgIpc) is 2.86. The summed E-state index contributed by atoms with van der Waals surface area (Å²) < 4.78 is 6.34. The highest BCUT2D eigenvalue weighted by Gasteiger charge is 2.46. The molecule has 8 nitrogen and oxygen atoms in total. The van der Waals surface area contributed by atoms with Crippen LogP contribution in [0.3, 0.4) is 0 Å². The number of rotatable bonds is 3. The maximum atomic E-state index is 10.7. The van der Waals surface area contributed by atoms with Crippen molar-refractivity contribution >= 4 is 17.5 Å². The number of nitrogens with zero attached hydrogens (tertiary/aromatic N) is 3. The molecule has 1 aromatic heterocycles. The van der Waals surface area contributed by atoms with Gasteiger partial charge in [0.2, 0.25) is 6.23 Å². The predicted octanol–water partition coefficient (Wildman–Crippen LogP) is -0.351. The van der Waals surface area contributed by atoms with E-state index in [9.17, 15) is 15.2 Å². The molecule has 1 aliphatic heterocycles. The van der Waals surface area contributed by atoms with Gasteiger partial charge < -0.3 is 25.1 Å². The number of aromatic nitrogens is 2. The third-order valence-corrected chi connectivity index (χ3v) is 3.09. The van der Waals surface area contributed by atoms with Crippen molar-refractivity contribution < 1.29 is 19.9 Å².